The van der Waals surface area contributed by atoms with Crippen LogP contribution in [0.4, 0.5) is 0 Å². The zero-order valence-corrected chi connectivity index (χ0v) is 10.3. The summed E-state index contributed by atoms with van der Waals surface area (Å²) in [5.74, 6) is 0. The minimum atomic E-state index is -0.372. The number of unbranched alkanes of at least 4 members (excludes halogenated alkanes) is 1. The minimum absolute atomic E-state index is 0.372. The average molecular weight is 227 g/mol. The average Bonchev–Trinajstić information content (AvgIpc) is 2.33. The Labute approximate surface area is 98.9 Å². The molecule has 0 saturated carbocycles. The summed E-state index contributed by atoms with van der Waals surface area (Å²) >= 11 is 0. The Hall–Kier alpha value is -0.380. The lowest BCUT2D eigenvalue weighted by Gasteiger charge is -2.21. The molecule has 1 rings (SSSR count). The monoisotopic (exact) mass is 227 g/mol. The Balaban J connectivity index is 1.96. The van der Waals surface area contributed by atoms with E-state index in [1.54, 1.807) is 0 Å². The van der Waals surface area contributed by atoms with Gasteiger partial charge in [-0.05, 0) is 25.7 Å². The number of ether oxygens (including phenoxy) is 1. The van der Waals surface area contributed by atoms with E-state index in [9.17, 15) is 5.11 Å². The van der Waals surface area contributed by atoms with Crippen molar-refractivity contribution in [2.24, 2.45) is 0 Å². The highest BCUT2D eigenvalue weighted by atomic mass is 16.5. The van der Waals surface area contributed by atoms with Crippen LogP contribution in [-0.4, -0.2) is 37.0 Å². The number of aliphatic hydroxyl groups excluding tert-OH is 1. The van der Waals surface area contributed by atoms with Crippen LogP contribution in [0.5, 0.6) is 0 Å². The van der Waals surface area contributed by atoms with E-state index in [0.717, 1.165) is 32.3 Å². The predicted molar refractivity (Wildman–Crippen MR) is 66.5 cm³/mol. The summed E-state index contributed by atoms with van der Waals surface area (Å²) in [6.07, 6.45) is 9.71. The van der Waals surface area contributed by atoms with Gasteiger partial charge < -0.3 is 15.2 Å². The van der Waals surface area contributed by atoms with Crippen molar-refractivity contribution in [3.63, 3.8) is 0 Å². The molecule has 2 atom stereocenters. The van der Waals surface area contributed by atoms with Gasteiger partial charge in [-0.15, -0.1) is 0 Å². The standard InChI is InChI=1S/C13H25NO2/c1-2-3-9-16-11-13(15)10-14-12-7-5-4-6-8-12/h4-5,12-15H,2-3,6-11H2,1H3. The maximum atomic E-state index is 9.67. The lowest BCUT2D eigenvalue weighted by atomic mass is 10.0. The third kappa shape index (κ3) is 6.26. The number of aliphatic hydroxyl groups is 1. The maximum absolute atomic E-state index is 9.67. The van der Waals surface area contributed by atoms with Crippen LogP contribution < -0.4 is 5.32 Å². The smallest absolute Gasteiger partial charge is 0.0897 e. The van der Waals surface area contributed by atoms with E-state index in [-0.39, 0.29) is 6.10 Å². The van der Waals surface area contributed by atoms with Crippen molar-refractivity contribution in [3.8, 4) is 0 Å². The molecule has 0 aliphatic heterocycles. The SMILES string of the molecule is CCCCOCC(O)CNC1CC=CCC1. The molecule has 2 unspecified atom stereocenters. The molecule has 2 N–H and O–H groups in total. The van der Waals surface area contributed by atoms with E-state index in [4.69, 9.17) is 4.74 Å². The largest absolute Gasteiger partial charge is 0.389 e. The molecular weight excluding hydrogens is 202 g/mol. The van der Waals surface area contributed by atoms with Crippen LogP contribution in [-0.2, 0) is 4.74 Å². The van der Waals surface area contributed by atoms with Gasteiger partial charge in [-0.2, -0.15) is 0 Å². The van der Waals surface area contributed by atoms with Crippen molar-refractivity contribution >= 4 is 0 Å². The van der Waals surface area contributed by atoms with Crippen molar-refractivity contribution in [2.45, 2.75) is 51.2 Å². The number of rotatable bonds is 8. The molecule has 0 aromatic heterocycles. The first-order valence-electron chi connectivity index (χ1n) is 6.47. The summed E-state index contributed by atoms with van der Waals surface area (Å²) in [5.41, 5.74) is 0. The Bertz CT molecular complexity index is 194. The third-order valence-corrected chi connectivity index (χ3v) is 2.86. The van der Waals surface area contributed by atoms with Gasteiger partial charge in [0.2, 0.25) is 0 Å². The first kappa shape index (κ1) is 13.7. The first-order chi connectivity index (χ1) is 7.83. The fourth-order valence-corrected chi connectivity index (χ4v) is 1.81. The second-order valence-corrected chi connectivity index (χ2v) is 4.47. The fraction of sp³-hybridized carbons (Fsp3) is 0.846. The second-order valence-electron chi connectivity index (χ2n) is 4.47. The van der Waals surface area contributed by atoms with E-state index in [1.807, 2.05) is 0 Å². The van der Waals surface area contributed by atoms with Gasteiger partial charge >= 0.3 is 0 Å². The van der Waals surface area contributed by atoms with Crippen LogP contribution in [0.15, 0.2) is 12.2 Å². The fourth-order valence-electron chi connectivity index (χ4n) is 1.81. The van der Waals surface area contributed by atoms with Crippen molar-refractivity contribution in [3.05, 3.63) is 12.2 Å². The summed E-state index contributed by atoms with van der Waals surface area (Å²) in [7, 11) is 0. The molecule has 0 saturated heterocycles. The zero-order valence-electron chi connectivity index (χ0n) is 10.3. The van der Waals surface area contributed by atoms with Crippen molar-refractivity contribution in [2.75, 3.05) is 19.8 Å². The van der Waals surface area contributed by atoms with Crippen molar-refractivity contribution in [1.82, 2.24) is 5.32 Å². The molecule has 16 heavy (non-hydrogen) atoms. The summed E-state index contributed by atoms with van der Waals surface area (Å²) in [5, 5.41) is 13.1. The van der Waals surface area contributed by atoms with Crippen LogP contribution in [0.1, 0.15) is 39.0 Å². The maximum Gasteiger partial charge on any atom is 0.0897 e. The predicted octanol–water partition coefficient (Wildman–Crippen LogP) is 1.86. The van der Waals surface area contributed by atoms with Gasteiger partial charge in [0.15, 0.2) is 0 Å². The summed E-state index contributed by atoms with van der Waals surface area (Å²) in [4.78, 5) is 0. The quantitative estimate of drug-likeness (QED) is 0.491. The lowest BCUT2D eigenvalue weighted by Crippen LogP contribution is -2.37. The van der Waals surface area contributed by atoms with Gasteiger partial charge in [-0.3, -0.25) is 0 Å². The summed E-state index contributed by atoms with van der Waals surface area (Å²) < 4.78 is 5.37. The molecule has 94 valence electrons. The van der Waals surface area contributed by atoms with E-state index in [1.165, 1.54) is 6.42 Å². The number of nitrogens with one attached hydrogen (secondary N) is 1. The molecule has 1 aliphatic rings. The second kappa shape index (κ2) is 8.74. The van der Waals surface area contributed by atoms with Crippen LogP contribution in [0.3, 0.4) is 0 Å². The number of hydrogen-bond donors (Lipinski definition) is 2. The topological polar surface area (TPSA) is 41.5 Å². The summed E-state index contributed by atoms with van der Waals surface area (Å²) in [6, 6.07) is 0.537. The lowest BCUT2D eigenvalue weighted by molar-refractivity contribution is 0.0344. The van der Waals surface area contributed by atoms with Gasteiger partial charge in [-0.1, -0.05) is 25.5 Å². The molecular formula is C13H25NO2. The van der Waals surface area contributed by atoms with Gasteiger partial charge in [0.05, 0.1) is 12.7 Å². The Morgan fingerprint density at radius 3 is 3.06 bits per heavy atom. The normalized spacial score (nSPS) is 22.2. The molecule has 0 radical (unpaired) electrons. The van der Waals surface area contributed by atoms with E-state index >= 15 is 0 Å². The van der Waals surface area contributed by atoms with Gasteiger partial charge in [0.25, 0.3) is 0 Å². The molecule has 3 nitrogen and oxygen atoms in total. The first-order valence-corrected chi connectivity index (χ1v) is 6.47. The van der Waals surface area contributed by atoms with Crippen molar-refractivity contribution in [1.29, 1.82) is 0 Å². The molecule has 0 bridgehead atoms. The molecule has 0 aromatic rings. The molecule has 3 heteroatoms. The molecule has 0 amide bonds. The highest BCUT2D eigenvalue weighted by Crippen LogP contribution is 2.10. The molecule has 0 aromatic carbocycles. The Morgan fingerprint density at radius 1 is 1.50 bits per heavy atom. The minimum Gasteiger partial charge on any atom is -0.389 e. The highest BCUT2D eigenvalue weighted by molar-refractivity contribution is 4.93. The number of allylic oxidation sites excluding steroid dienone is 1. The summed E-state index contributed by atoms with van der Waals surface area (Å²) in [6.45, 7) is 4.00. The zero-order chi connectivity index (χ0) is 11.6. The molecule has 0 spiro atoms. The molecule has 0 heterocycles. The molecule has 0 fully saturated rings. The number of hydrogen-bond acceptors (Lipinski definition) is 3. The van der Waals surface area contributed by atoms with Crippen LogP contribution in [0.2, 0.25) is 0 Å². The van der Waals surface area contributed by atoms with Crippen molar-refractivity contribution < 1.29 is 9.84 Å². The van der Waals surface area contributed by atoms with Gasteiger partial charge in [0, 0.05) is 19.2 Å². The Kier molecular flexibility index (Phi) is 7.47. The van der Waals surface area contributed by atoms with E-state index in [0.29, 0.717) is 19.2 Å². The van der Waals surface area contributed by atoms with Gasteiger partial charge in [-0.25, -0.2) is 0 Å². The van der Waals surface area contributed by atoms with Crippen LogP contribution >= 0.6 is 0 Å². The van der Waals surface area contributed by atoms with Crippen LogP contribution in [0, 0.1) is 0 Å². The molecule has 1 aliphatic carbocycles. The van der Waals surface area contributed by atoms with E-state index < -0.39 is 0 Å². The highest BCUT2D eigenvalue weighted by Gasteiger charge is 2.11. The van der Waals surface area contributed by atoms with Crippen LogP contribution in [0.25, 0.3) is 0 Å². The van der Waals surface area contributed by atoms with Gasteiger partial charge in [0.1, 0.15) is 0 Å². The third-order valence-electron chi connectivity index (χ3n) is 2.86. The Morgan fingerprint density at radius 2 is 2.38 bits per heavy atom. The van der Waals surface area contributed by atoms with E-state index in [2.05, 4.69) is 24.4 Å².